The minimum absolute atomic E-state index is 0.218. The van der Waals surface area contributed by atoms with Crippen molar-refractivity contribution in [3.05, 3.63) is 29.8 Å². The van der Waals surface area contributed by atoms with Crippen LogP contribution in [-0.4, -0.2) is 114 Å². The van der Waals surface area contributed by atoms with Crippen molar-refractivity contribution in [3.63, 3.8) is 0 Å². The molecule has 3 rings (SSSR count). The Hall–Kier alpha value is -1.17. The van der Waals surface area contributed by atoms with E-state index in [2.05, 4.69) is 51.1 Å². The molecule has 15 N–H and O–H groups in total. The molecule has 296 valence electrons. The van der Waals surface area contributed by atoms with Crippen LogP contribution in [0.25, 0.3) is 0 Å². The molecular weight excluding hydrogens is 670 g/mol. The van der Waals surface area contributed by atoms with E-state index in [-0.39, 0.29) is 30.2 Å². The van der Waals surface area contributed by atoms with Crippen LogP contribution in [0.2, 0.25) is 0 Å². The van der Waals surface area contributed by atoms with Crippen molar-refractivity contribution >= 4 is 17.3 Å². The van der Waals surface area contributed by atoms with E-state index in [1.54, 1.807) is 6.07 Å². The van der Waals surface area contributed by atoms with Crippen LogP contribution in [-0.2, 0) is 0 Å². The third kappa shape index (κ3) is 16.8. The second-order valence-electron chi connectivity index (χ2n) is 15.4. The number of aliphatic hydroxyl groups excluding tert-OH is 4. The fourth-order valence-electron chi connectivity index (χ4n) is 7.60. The Bertz CT molecular complexity index is 1080. The first-order valence-electron chi connectivity index (χ1n) is 19.5. The van der Waals surface area contributed by atoms with Gasteiger partial charge < -0.3 is 58.1 Å². The highest BCUT2D eigenvalue weighted by molar-refractivity contribution is 6.21. The molecule has 13 nitrogen and oxygen atoms in total. The van der Waals surface area contributed by atoms with Gasteiger partial charge in [0.05, 0.1) is 12.2 Å². The molecule has 0 bridgehead atoms. The van der Waals surface area contributed by atoms with Crippen LogP contribution < -0.4 is 48.7 Å². The summed E-state index contributed by atoms with van der Waals surface area (Å²) < 4.78 is 0. The molecule has 1 aromatic carbocycles. The Balaban J connectivity index is 1.54. The maximum atomic E-state index is 11.3. The van der Waals surface area contributed by atoms with Gasteiger partial charge in [0.15, 0.2) is 5.62 Å². The highest BCUT2D eigenvalue weighted by Crippen LogP contribution is 2.32. The molecule has 0 aromatic heterocycles. The van der Waals surface area contributed by atoms with E-state index < -0.39 is 30.3 Å². The van der Waals surface area contributed by atoms with Gasteiger partial charge in [-0.15, -0.1) is 0 Å². The highest BCUT2D eigenvalue weighted by atomic mass is 35.5. The average molecular weight is 742 g/mol. The zero-order valence-electron chi connectivity index (χ0n) is 31.5. The monoisotopic (exact) mass is 742 g/mol. The Morgan fingerprint density at radius 3 is 2.22 bits per heavy atom. The molecular formula is C37H72ClN9O4. The number of halogens is 1. The van der Waals surface area contributed by atoms with E-state index in [1.165, 1.54) is 25.7 Å². The van der Waals surface area contributed by atoms with Gasteiger partial charge in [-0.2, -0.15) is 0 Å². The first-order valence-corrected chi connectivity index (χ1v) is 19.9. The minimum Gasteiger partial charge on any atom is -0.393 e. The first kappa shape index (κ1) is 44.2. The third-order valence-electron chi connectivity index (χ3n) is 10.9. The lowest BCUT2D eigenvalue weighted by Crippen LogP contribution is -2.54. The van der Waals surface area contributed by atoms with Gasteiger partial charge in [-0.1, -0.05) is 50.4 Å². The Morgan fingerprint density at radius 1 is 0.843 bits per heavy atom. The average Bonchev–Trinajstić information content (AvgIpc) is 3.09. The molecule has 1 heterocycles. The number of anilines is 1. The molecule has 2 fully saturated rings. The summed E-state index contributed by atoms with van der Waals surface area (Å²) in [5.74, 6) is -0.797. The quantitative estimate of drug-likeness (QED) is 0.0648. The Labute approximate surface area is 312 Å². The summed E-state index contributed by atoms with van der Waals surface area (Å²) in [7, 11) is 0. The van der Waals surface area contributed by atoms with E-state index in [1.807, 2.05) is 32.0 Å². The van der Waals surface area contributed by atoms with Crippen molar-refractivity contribution in [3.8, 4) is 0 Å². The molecule has 1 saturated heterocycles. The molecule has 1 aromatic rings. The molecule has 1 aliphatic carbocycles. The maximum absolute atomic E-state index is 11.3. The summed E-state index contributed by atoms with van der Waals surface area (Å²) in [4.78, 5) is 0. The van der Waals surface area contributed by atoms with Crippen LogP contribution in [0.15, 0.2) is 24.3 Å². The van der Waals surface area contributed by atoms with E-state index in [9.17, 15) is 20.4 Å². The second kappa shape index (κ2) is 23.6. The highest BCUT2D eigenvalue weighted by Gasteiger charge is 2.31. The normalized spacial score (nSPS) is 29.2. The van der Waals surface area contributed by atoms with Crippen molar-refractivity contribution in [2.24, 2.45) is 29.2 Å². The molecule has 13 atom stereocenters. The number of nitrogens with one attached hydrogen (secondary N) is 7. The number of benzene rings is 1. The molecule has 1 unspecified atom stereocenters. The predicted molar refractivity (Wildman–Crippen MR) is 208 cm³/mol. The molecule has 0 spiro atoms. The van der Waals surface area contributed by atoms with Gasteiger partial charge in [-0.05, 0) is 94.4 Å². The smallest absolute Gasteiger partial charge is 0.152 e. The Kier molecular flexibility index (Phi) is 20.4. The van der Waals surface area contributed by atoms with Gasteiger partial charge in [0.1, 0.15) is 12.5 Å². The number of alkyl halides is 1. The summed E-state index contributed by atoms with van der Waals surface area (Å²) >= 11 is 5.86. The lowest BCUT2D eigenvalue weighted by molar-refractivity contribution is 0.000384. The van der Waals surface area contributed by atoms with Gasteiger partial charge in [0.25, 0.3) is 0 Å². The molecule has 14 heteroatoms. The largest absolute Gasteiger partial charge is 0.393 e. The number of hydrogen-bond acceptors (Lipinski definition) is 13. The summed E-state index contributed by atoms with van der Waals surface area (Å²) in [6.07, 6.45) is 3.11. The third-order valence-corrected chi connectivity index (χ3v) is 11.0. The number of fused-ring (bicyclic) bond motifs is 1. The zero-order chi connectivity index (χ0) is 37.3. The van der Waals surface area contributed by atoms with Crippen molar-refractivity contribution in [2.45, 2.75) is 140 Å². The van der Waals surface area contributed by atoms with Crippen LogP contribution in [0.1, 0.15) is 90.7 Å². The van der Waals surface area contributed by atoms with Crippen molar-refractivity contribution in [1.82, 2.24) is 31.9 Å². The second-order valence-corrected chi connectivity index (χ2v) is 15.9. The summed E-state index contributed by atoms with van der Waals surface area (Å²) in [6, 6.07) is 9.11. The van der Waals surface area contributed by atoms with Gasteiger partial charge in [-0.25, -0.2) is 0 Å². The van der Waals surface area contributed by atoms with Crippen LogP contribution in [0.5, 0.6) is 0 Å². The van der Waals surface area contributed by atoms with Crippen molar-refractivity contribution in [1.29, 1.82) is 0 Å². The SMILES string of the molecule is C[C@@H]1CN[C@@H](CCN[C@H](O)CC(C[C@H](N)O)[C@H](C)[C@H](O)C[C@@H](C)[C@@H](O)c2cccc(N[C@H](N)Cl)c2)CN[C@@H]2CCCC[C@H]2NCCN[C@@H](C)CN1. The molecule has 1 saturated carbocycles. The number of aliphatic hydroxyl groups is 4. The van der Waals surface area contributed by atoms with Crippen molar-refractivity contribution < 1.29 is 20.4 Å². The predicted octanol–water partition coefficient (Wildman–Crippen LogP) is 1.03. The summed E-state index contributed by atoms with van der Waals surface area (Å²) in [5, 5.41) is 68.5. The number of hydrogen-bond donors (Lipinski definition) is 13. The maximum Gasteiger partial charge on any atom is 0.152 e. The zero-order valence-corrected chi connectivity index (χ0v) is 32.3. The van der Waals surface area contributed by atoms with Gasteiger partial charge >= 0.3 is 0 Å². The molecule has 1 aliphatic heterocycles. The molecule has 2 aliphatic rings. The van der Waals surface area contributed by atoms with Crippen LogP contribution in [0, 0.1) is 17.8 Å². The molecule has 51 heavy (non-hydrogen) atoms. The number of rotatable bonds is 16. The lowest BCUT2D eigenvalue weighted by Gasteiger charge is -2.35. The van der Waals surface area contributed by atoms with E-state index in [0.717, 1.165) is 39.1 Å². The van der Waals surface area contributed by atoms with Gasteiger partial charge in [-0.3, -0.25) is 11.1 Å². The minimum atomic E-state index is -1.07. The lowest BCUT2D eigenvalue weighted by atomic mass is 9.79. The van der Waals surface area contributed by atoms with E-state index in [4.69, 9.17) is 23.1 Å². The standard InChI is InChI=1S/C37H72ClN9O4/c1-23(36(51)27-8-7-9-29(17-27)47-37(38)40)16-33(48)26(4)28(18-34(39)49)19-35(50)43-13-12-30-22-46-32-11-6-5-10-31(32)42-15-14-41-24(2)20-44-25(3)21-45-30/h7-9,17,23-26,28,30-37,41-51H,5-6,10-16,18-22,39-40H2,1-4H3/t23-,24+,25-,26+,28?,30+,31-,32-,33-,34-,35-,36-,37+/m1/s1. The fraction of sp³-hybridized carbons (Fsp3) is 0.838. The Morgan fingerprint density at radius 2 is 1.51 bits per heavy atom. The first-order chi connectivity index (χ1) is 24.3. The summed E-state index contributed by atoms with van der Waals surface area (Å²) in [6.45, 7) is 13.4. The van der Waals surface area contributed by atoms with Crippen molar-refractivity contribution in [2.75, 3.05) is 44.6 Å². The van der Waals surface area contributed by atoms with Gasteiger partial charge in [0, 0.05) is 68.6 Å². The summed E-state index contributed by atoms with van der Waals surface area (Å²) in [5.41, 5.74) is 12.1. The molecule has 0 amide bonds. The topological polar surface area (TPSA) is 217 Å². The van der Waals surface area contributed by atoms with E-state index in [0.29, 0.717) is 54.8 Å². The van der Waals surface area contributed by atoms with Crippen LogP contribution in [0.4, 0.5) is 5.69 Å². The fourth-order valence-corrected chi connectivity index (χ4v) is 7.73. The molecule has 0 radical (unpaired) electrons. The van der Waals surface area contributed by atoms with E-state index >= 15 is 0 Å². The van der Waals surface area contributed by atoms with Crippen LogP contribution >= 0.6 is 11.6 Å². The van der Waals surface area contributed by atoms with Crippen LogP contribution in [0.3, 0.4) is 0 Å². The number of nitrogens with two attached hydrogens (primary N) is 2. The van der Waals surface area contributed by atoms with Gasteiger partial charge in [0.2, 0.25) is 0 Å².